The van der Waals surface area contributed by atoms with Crippen LogP contribution in [0.15, 0.2) is 24.3 Å². The van der Waals surface area contributed by atoms with Gasteiger partial charge < -0.3 is 15.4 Å². The van der Waals surface area contributed by atoms with Crippen LogP contribution in [-0.4, -0.2) is 25.2 Å². The number of nitrogens with one attached hydrogen (secondary N) is 2. The summed E-state index contributed by atoms with van der Waals surface area (Å²) in [7, 11) is 0. The Kier molecular flexibility index (Phi) is 7.78. The molecule has 0 atom stereocenters. The van der Waals surface area contributed by atoms with Gasteiger partial charge in [0.25, 0.3) is 0 Å². The molecule has 23 heavy (non-hydrogen) atoms. The second-order valence-corrected chi connectivity index (χ2v) is 6.29. The van der Waals surface area contributed by atoms with Crippen LogP contribution in [0, 0.1) is 0 Å². The number of hydrogen-bond donors (Lipinski definition) is 2. The van der Waals surface area contributed by atoms with Gasteiger partial charge in [-0.15, -0.1) is 0 Å². The summed E-state index contributed by atoms with van der Waals surface area (Å²) in [5.74, 6) is 0.973. The highest BCUT2D eigenvalue weighted by atomic mass is 16.5. The lowest BCUT2D eigenvalue weighted by molar-refractivity contribution is 0.232. The quantitative estimate of drug-likeness (QED) is 0.711. The van der Waals surface area contributed by atoms with Gasteiger partial charge in [-0.25, -0.2) is 4.79 Å². The molecule has 128 valence electrons. The summed E-state index contributed by atoms with van der Waals surface area (Å²) in [5, 5.41) is 6.05. The van der Waals surface area contributed by atoms with Gasteiger partial charge in [0, 0.05) is 12.6 Å². The topological polar surface area (TPSA) is 50.4 Å². The maximum absolute atomic E-state index is 11.9. The molecule has 0 aliphatic heterocycles. The molecule has 2 N–H and O–H groups in total. The maximum atomic E-state index is 11.9. The monoisotopic (exact) mass is 318 g/mol. The van der Waals surface area contributed by atoms with E-state index in [9.17, 15) is 4.79 Å². The van der Waals surface area contributed by atoms with Gasteiger partial charge in [0.2, 0.25) is 0 Å². The first kappa shape index (κ1) is 17.6. The van der Waals surface area contributed by atoms with Crippen molar-refractivity contribution >= 4 is 6.03 Å². The minimum Gasteiger partial charge on any atom is -0.493 e. The van der Waals surface area contributed by atoms with Crippen molar-refractivity contribution in [2.75, 3.05) is 13.2 Å². The second kappa shape index (κ2) is 10.1. The van der Waals surface area contributed by atoms with Crippen LogP contribution in [0.5, 0.6) is 5.75 Å². The Hall–Kier alpha value is -1.71. The van der Waals surface area contributed by atoms with Gasteiger partial charge in [-0.1, -0.05) is 44.4 Å². The van der Waals surface area contributed by atoms with E-state index in [4.69, 9.17) is 4.74 Å². The molecular formula is C19H30N2O2. The van der Waals surface area contributed by atoms with Crippen LogP contribution in [0.1, 0.15) is 57.4 Å². The van der Waals surface area contributed by atoms with Gasteiger partial charge in [-0.05, 0) is 43.7 Å². The molecule has 1 saturated carbocycles. The zero-order valence-corrected chi connectivity index (χ0v) is 14.3. The summed E-state index contributed by atoms with van der Waals surface area (Å²) in [5.41, 5.74) is 1.22. The molecule has 2 amide bonds. The third-order valence-corrected chi connectivity index (χ3v) is 4.28. The van der Waals surface area contributed by atoms with E-state index in [0.29, 0.717) is 12.6 Å². The van der Waals surface area contributed by atoms with Gasteiger partial charge in [-0.2, -0.15) is 0 Å². The van der Waals surface area contributed by atoms with Crippen LogP contribution in [0.3, 0.4) is 0 Å². The molecule has 0 radical (unpaired) electrons. The highest BCUT2D eigenvalue weighted by Gasteiger charge is 2.15. The van der Waals surface area contributed by atoms with Gasteiger partial charge in [0.1, 0.15) is 5.75 Å². The van der Waals surface area contributed by atoms with E-state index >= 15 is 0 Å². The van der Waals surface area contributed by atoms with Crippen molar-refractivity contribution in [1.29, 1.82) is 0 Å². The molecule has 0 saturated heterocycles. The van der Waals surface area contributed by atoms with E-state index in [0.717, 1.165) is 44.5 Å². The van der Waals surface area contributed by atoms with E-state index in [-0.39, 0.29) is 6.03 Å². The molecular weight excluding hydrogens is 288 g/mol. The fourth-order valence-electron chi connectivity index (χ4n) is 3.03. The maximum Gasteiger partial charge on any atom is 0.315 e. The van der Waals surface area contributed by atoms with E-state index in [1.54, 1.807) is 0 Å². The second-order valence-electron chi connectivity index (χ2n) is 6.29. The van der Waals surface area contributed by atoms with Crippen LogP contribution in [0.25, 0.3) is 0 Å². The number of aryl methyl sites for hydroxylation is 1. The minimum atomic E-state index is -0.0209. The summed E-state index contributed by atoms with van der Waals surface area (Å²) in [6.45, 7) is 3.55. The molecule has 1 aromatic carbocycles. The molecule has 0 bridgehead atoms. The van der Waals surface area contributed by atoms with Gasteiger partial charge >= 0.3 is 6.03 Å². The van der Waals surface area contributed by atoms with E-state index in [1.165, 1.54) is 24.8 Å². The lowest BCUT2D eigenvalue weighted by Crippen LogP contribution is -2.43. The number of carbonyl (C=O) groups excluding carboxylic acids is 1. The van der Waals surface area contributed by atoms with Crippen molar-refractivity contribution in [2.24, 2.45) is 0 Å². The minimum absolute atomic E-state index is 0.0209. The van der Waals surface area contributed by atoms with Crippen molar-refractivity contribution in [3.63, 3.8) is 0 Å². The van der Waals surface area contributed by atoms with Crippen molar-refractivity contribution in [2.45, 2.75) is 64.3 Å². The number of carbonyl (C=O) groups is 1. The number of para-hydroxylation sites is 1. The van der Waals surface area contributed by atoms with E-state index < -0.39 is 0 Å². The van der Waals surface area contributed by atoms with E-state index in [2.05, 4.69) is 23.6 Å². The number of ether oxygens (including phenoxy) is 1. The van der Waals surface area contributed by atoms with E-state index in [1.807, 2.05) is 18.2 Å². The van der Waals surface area contributed by atoms with Gasteiger partial charge in [0.15, 0.2) is 0 Å². The fraction of sp³-hybridized carbons (Fsp3) is 0.632. The highest BCUT2D eigenvalue weighted by molar-refractivity contribution is 5.74. The normalized spacial score (nSPS) is 15.2. The van der Waals surface area contributed by atoms with Crippen molar-refractivity contribution in [3.05, 3.63) is 29.8 Å². The average molecular weight is 318 g/mol. The molecule has 4 nitrogen and oxygen atoms in total. The standard InChI is InChI=1S/C19H30N2O2/c1-2-15-23-18-13-7-6-9-16(18)10-8-14-20-19(22)21-17-11-4-3-5-12-17/h6-7,9,13,17H,2-5,8,10-12,14-15H2,1H3,(H2,20,21,22). The number of rotatable bonds is 8. The Morgan fingerprint density at radius 1 is 1.22 bits per heavy atom. The van der Waals surface area contributed by atoms with Crippen LogP contribution in [0.4, 0.5) is 4.79 Å². The molecule has 1 fully saturated rings. The van der Waals surface area contributed by atoms with Crippen LogP contribution >= 0.6 is 0 Å². The Morgan fingerprint density at radius 3 is 2.78 bits per heavy atom. The van der Waals surface area contributed by atoms with Crippen molar-refractivity contribution in [1.82, 2.24) is 10.6 Å². The predicted molar refractivity (Wildman–Crippen MR) is 94.0 cm³/mol. The Balaban J connectivity index is 1.65. The molecule has 2 rings (SSSR count). The Morgan fingerprint density at radius 2 is 2.00 bits per heavy atom. The summed E-state index contributed by atoms with van der Waals surface area (Å²) in [4.78, 5) is 11.9. The molecule has 0 heterocycles. The van der Waals surface area contributed by atoms with Crippen LogP contribution in [-0.2, 0) is 6.42 Å². The lowest BCUT2D eigenvalue weighted by Gasteiger charge is -2.22. The van der Waals surface area contributed by atoms with Gasteiger partial charge in [0.05, 0.1) is 6.61 Å². The molecule has 1 aliphatic carbocycles. The smallest absolute Gasteiger partial charge is 0.315 e. The summed E-state index contributed by atoms with van der Waals surface area (Å²) < 4.78 is 5.77. The third-order valence-electron chi connectivity index (χ3n) is 4.28. The largest absolute Gasteiger partial charge is 0.493 e. The lowest BCUT2D eigenvalue weighted by atomic mass is 9.96. The molecule has 1 aliphatic rings. The first-order valence-electron chi connectivity index (χ1n) is 9.04. The Labute approximate surface area is 140 Å². The number of amides is 2. The van der Waals surface area contributed by atoms with Crippen LogP contribution in [0.2, 0.25) is 0 Å². The molecule has 1 aromatic rings. The zero-order chi connectivity index (χ0) is 16.3. The fourth-order valence-corrected chi connectivity index (χ4v) is 3.03. The molecule has 0 spiro atoms. The summed E-state index contributed by atoms with van der Waals surface area (Å²) in [6, 6.07) is 8.52. The number of benzene rings is 1. The van der Waals surface area contributed by atoms with Crippen LogP contribution < -0.4 is 15.4 Å². The highest BCUT2D eigenvalue weighted by Crippen LogP contribution is 2.19. The average Bonchev–Trinajstić information content (AvgIpc) is 2.58. The predicted octanol–water partition coefficient (Wildman–Crippen LogP) is 4.04. The third kappa shape index (κ3) is 6.51. The number of hydrogen-bond acceptors (Lipinski definition) is 2. The first-order chi connectivity index (χ1) is 11.3. The summed E-state index contributed by atoms with van der Waals surface area (Å²) >= 11 is 0. The SMILES string of the molecule is CCCOc1ccccc1CCCNC(=O)NC1CCCCC1. The van der Waals surface area contributed by atoms with Gasteiger partial charge in [-0.3, -0.25) is 0 Å². The molecule has 4 heteroatoms. The molecule has 0 aromatic heterocycles. The van der Waals surface area contributed by atoms with Crippen molar-refractivity contribution < 1.29 is 9.53 Å². The number of urea groups is 1. The zero-order valence-electron chi connectivity index (χ0n) is 14.3. The molecule has 0 unspecified atom stereocenters. The van der Waals surface area contributed by atoms with Crippen molar-refractivity contribution in [3.8, 4) is 5.75 Å². The first-order valence-corrected chi connectivity index (χ1v) is 9.04. The Bertz CT molecular complexity index is 470. The summed E-state index contributed by atoms with van der Waals surface area (Å²) in [6.07, 6.45) is 8.87.